The number of carboxylic acids is 1. The molecular weight excluding hydrogens is 416 g/mol. The van der Waals surface area contributed by atoms with Gasteiger partial charge in [0, 0.05) is 28.9 Å². The number of carboxylic acid groups (broad SMARTS) is 1. The van der Waals surface area contributed by atoms with E-state index in [2.05, 4.69) is 6.92 Å². The average Bonchev–Trinajstić information content (AvgIpc) is 2.72. The van der Waals surface area contributed by atoms with Crippen LogP contribution < -0.4 is 0 Å². The number of aliphatic carboxylic acids is 1. The molecule has 0 amide bonds. The molecule has 2 unspecified atom stereocenters. The molecule has 2 atom stereocenters. The number of hydrogen-bond donors (Lipinski definition) is 4. The van der Waals surface area contributed by atoms with Crippen molar-refractivity contribution in [1.29, 1.82) is 0 Å². The molecule has 2 aromatic carbocycles. The first-order valence-corrected chi connectivity index (χ1v) is 12.0. The van der Waals surface area contributed by atoms with E-state index in [4.69, 9.17) is 0 Å². The van der Waals surface area contributed by atoms with Gasteiger partial charge in [0.05, 0.1) is 5.92 Å². The molecule has 0 radical (unpaired) electrons. The normalized spacial score (nSPS) is 13.1. The SMILES string of the molecule is CCCCCCCCCCC(C(=O)O)c1cc(O)ccc1[S+]([O-])c1ccc(O)cc1O. The second-order valence-corrected chi connectivity index (χ2v) is 9.21. The average molecular weight is 449 g/mol. The van der Waals surface area contributed by atoms with E-state index in [1.165, 1.54) is 56.0 Å². The minimum absolute atomic E-state index is 0.0703. The van der Waals surface area contributed by atoms with E-state index in [1.807, 2.05) is 0 Å². The van der Waals surface area contributed by atoms with Gasteiger partial charge in [-0.1, -0.05) is 58.3 Å². The summed E-state index contributed by atoms with van der Waals surface area (Å²) in [5, 5.41) is 39.3. The highest BCUT2D eigenvalue weighted by Gasteiger charge is 2.30. The van der Waals surface area contributed by atoms with E-state index < -0.39 is 23.1 Å². The number of unbranched alkanes of at least 4 members (excludes halogenated alkanes) is 7. The number of hydrogen-bond acceptors (Lipinski definition) is 5. The van der Waals surface area contributed by atoms with Gasteiger partial charge >= 0.3 is 5.97 Å². The lowest BCUT2D eigenvalue weighted by Crippen LogP contribution is -2.16. The van der Waals surface area contributed by atoms with Crippen LogP contribution in [-0.2, 0) is 16.0 Å². The van der Waals surface area contributed by atoms with Gasteiger partial charge in [-0.25, -0.2) is 0 Å². The van der Waals surface area contributed by atoms with Crippen molar-refractivity contribution in [3.8, 4) is 17.2 Å². The van der Waals surface area contributed by atoms with Crippen LogP contribution in [0.15, 0.2) is 46.2 Å². The molecule has 0 aliphatic heterocycles. The first-order valence-electron chi connectivity index (χ1n) is 10.8. The number of benzene rings is 2. The molecule has 0 heterocycles. The summed E-state index contributed by atoms with van der Waals surface area (Å²) >= 11 is -1.87. The zero-order valence-electron chi connectivity index (χ0n) is 17.9. The summed E-state index contributed by atoms with van der Waals surface area (Å²) in [6.45, 7) is 2.18. The van der Waals surface area contributed by atoms with Gasteiger partial charge in [-0.3, -0.25) is 4.79 Å². The molecular formula is C24H32O6S. The van der Waals surface area contributed by atoms with Crippen molar-refractivity contribution in [1.82, 2.24) is 0 Å². The minimum atomic E-state index is -1.87. The van der Waals surface area contributed by atoms with Crippen LogP contribution in [0.3, 0.4) is 0 Å². The predicted octanol–water partition coefficient (Wildman–Crippen LogP) is 5.67. The van der Waals surface area contributed by atoms with Crippen LogP contribution in [0.5, 0.6) is 17.2 Å². The highest BCUT2D eigenvalue weighted by Crippen LogP contribution is 2.37. The first kappa shape index (κ1) is 24.9. The molecule has 31 heavy (non-hydrogen) atoms. The highest BCUT2D eigenvalue weighted by atomic mass is 32.2. The molecule has 0 saturated heterocycles. The molecule has 7 heteroatoms. The second-order valence-electron chi connectivity index (χ2n) is 7.80. The van der Waals surface area contributed by atoms with Gasteiger partial charge in [0.2, 0.25) is 0 Å². The fourth-order valence-corrected chi connectivity index (χ4v) is 4.94. The molecule has 6 nitrogen and oxygen atoms in total. The molecule has 170 valence electrons. The van der Waals surface area contributed by atoms with Gasteiger partial charge in [0.15, 0.2) is 15.5 Å². The standard InChI is InChI=1S/C24H32O6S/c1-2-3-4-5-6-7-8-9-10-19(24(28)29)20-15-17(25)11-13-22(20)31(30)23-14-12-18(26)16-21(23)27/h11-16,19,25-27H,2-10H2,1H3,(H,28,29). The van der Waals surface area contributed by atoms with E-state index in [9.17, 15) is 29.8 Å². The molecule has 0 fully saturated rings. The van der Waals surface area contributed by atoms with Gasteiger partial charge in [0.25, 0.3) is 0 Å². The summed E-state index contributed by atoms with van der Waals surface area (Å²) in [6.07, 6.45) is 9.08. The van der Waals surface area contributed by atoms with E-state index in [0.29, 0.717) is 6.42 Å². The van der Waals surface area contributed by atoms with Crippen molar-refractivity contribution in [2.45, 2.75) is 80.4 Å². The van der Waals surface area contributed by atoms with Crippen molar-refractivity contribution in [2.24, 2.45) is 0 Å². The Morgan fingerprint density at radius 2 is 1.42 bits per heavy atom. The Morgan fingerprint density at radius 1 is 0.871 bits per heavy atom. The fourth-order valence-electron chi connectivity index (χ4n) is 3.65. The summed E-state index contributed by atoms with van der Waals surface area (Å²) < 4.78 is 13.1. The minimum Gasteiger partial charge on any atom is -0.606 e. The van der Waals surface area contributed by atoms with Crippen molar-refractivity contribution in [3.63, 3.8) is 0 Å². The molecule has 0 saturated carbocycles. The maximum atomic E-state index is 13.1. The van der Waals surface area contributed by atoms with Crippen molar-refractivity contribution in [3.05, 3.63) is 42.0 Å². The number of aromatic hydroxyl groups is 3. The first-order chi connectivity index (χ1) is 14.8. The monoisotopic (exact) mass is 448 g/mol. The van der Waals surface area contributed by atoms with E-state index in [-0.39, 0.29) is 32.6 Å². The molecule has 2 rings (SSSR count). The van der Waals surface area contributed by atoms with Gasteiger partial charge in [0.1, 0.15) is 11.5 Å². The molecule has 0 spiro atoms. The third kappa shape index (κ3) is 7.36. The van der Waals surface area contributed by atoms with Crippen LogP contribution in [0.25, 0.3) is 0 Å². The Hall–Kier alpha value is -2.38. The number of phenols is 3. The Balaban J connectivity index is 2.14. The van der Waals surface area contributed by atoms with Gasteiger partial charge in [-0.2, -0.15) is 0 Å². The Labute approximate surface area is 186 Å². The lowest BCUT2D eigenvalue weighted by Gasteiger charge is -2.19. The zero-order chi connectivity index (χ0) is 22.8. The van der Waals surface area contributed by atoms with E-state index in [1.54, 1.807) is 0 Å². The van der Waals surface area contributed by atoms with Gasteiger partial charge < -0.3 is 25.0 Å². The van der Waals surface area contributed by atoms with Crippen LogP contribution in [0.4, 0.5) is 0 Å². The van der Waals surface area contributed by atoms with E-state index >= 15 is 0 Å². The summed E-state index contributed by atoms with van der Waals surface area (Å²) in [6, 6.07) is 7.85. The third-order valence-electron chi connectivity index (χ3n) is 5.36. The third-order valence-corrected chi connectivity index (χ3v) is 6.87. The van der Waals surface area contributed by atoms with Crippen LogP contribution in [0, 0.1) is 0 Å². The van der Waals surface area contributed by atoms with Crippen LogP contribution in [0.2, 0.25) is 0 Å². The molecule has 0 aromatic heterocycles. The van der Waals surface area contributed by atoms with E-state index in [0.717, 1.165) is 31.7 Å². The maximum absolute atomic E-state index is 13.1. The van der Waals surface area contributed by atoms with Crippen molar-refractivity contribution < 1.29 is 29.8 Å². The fraction of sp³-hybridized carbons (Fsp3) is 0.458. The summed E-state index contributed by atoms with van der Waals surface area (Å²) in [4.78, 5) is 12.3. The Kier molecular flexibility index (Phi) is 10.0. The highest BCUT2D eigenvalue weighted by molar-refractivity contribution is 7.91. The largest absolute Gasteiger partial charge is 0.606 e. The van der Waals surface area contributed by atoms with Crippen molar-refractivity contribution in [2.75, 3.05) is 0 Å². The lowest BCUT2D eigenvalue weighted by molar-refractivity contribution is -0.139. The number of phenolic OH excluding ortho intramolecular Hbond substituents is 3. The molecule has 0 aliphatic rings. The molecule has 0 bridgehead atoms. The number of carbonyl (C=O) groups is 1. The summed E-state index contributed by atoms with van der Waals surface area (Å²) in [5.41, 5.74) is 0.279. The zero-order valence-corrected chi connectivity index (χ0v) is 18.7. The smallest absolute Gasteiger partial charge is 0.311 e. The van der Waals surface area contributed by atoms with Gasteiger partial charge in [-0.15, -0.1) is 0 Å². The number of rotatable bonds is 13. The Bertz CT molecular complexity index is 854. The molecule has 2 aromatic rings. The van der Waals surface area contributed by atoms with Gasteiger partial charge in [-0.05, 0) is 30.7 Å². The Morgan fingerprint density at radius 3 is 2.00 bits per heavy atom. The molecule has 0 aliphatic carbocycles. The predicted molar refractivity (Wildman–Crippen MR) is 120 cm³/mol. The maximum Gasteiger partial charge on any atom is 0.311 e. The molecule has 4 N–H and O–H groups in total. The lowest BCUT2D eigenvalue weighted by atomic mass is 9.92. The van der Waals surface area contributed by atoms with Crippen LogP contribution in [0.1, 0.15) is 76.2 Å². The summed E-state index contributed by atoms with van der Waals surface area (Å²) in [5.74, 6) is -2.56. The van der Waals surface area contributed by atoms with Crippen molar-refractivity contribution >= 4 is 17.1 Å². The second kappa shape index (κ2) is 12.5. The van der Waals surface area contributed by atoms with Crippen LogP contribution >= 0.6 is 0 Å². The topological polar surface area (TPSA) is 121 Å². The quantitative estimate of drug-likeness (QED) is 0.231. The summed E-state index contributed by atoms with van der Waals surface area (Å²) in [7, 11) is 0. The van der Waals surface area contributed by atoms with Crippen LogP contribution in [-0.4, -0.2) is 30.9 Å².